The summed E-state index contributed by atoms with van der Waals surface area (Å²) in [5.41, 5.74) is 2.56. The van der Waals surface area contributed by atoms with Crippen LogP contribution in [0.1, 0.15) is 31.0 Å². The standard InChI is InChI=1S/C16H17ClFN3/c1-2-19-15-10-6-3-4-9-13(10)20-16(21-15)11-7-5-8-12(17)14(11)18/h5,7-8H,2-4,6,9H2,1H3,(H,19,20,21). The van der Waals surface area contributed by atoms with Gasteiger partial charge in [0.15, 0.2) is 11.6 Å². The van der Waals surface area contributed by atoms with Crippen molar-refractivity contribution in [1.82, 2.24) is 9.97 Å². The Balaban J connectivity index is 2.14. The first-order chi connectivity index (χ1) is 10.2. The Morgan fingerprint density at radius 3 is 2.86 bits per heavy atom. The largest absolute Gasteiger partial charge is 0.370 e. The van der Waals surface area contributed by atoms with Crippen molar-refractivity contribution in [1.29, 1.82) is 0 Å². The molecule has 0 amide bonds. The van der Waals surface area contributed by atoms with Gasteiger partial charge in [-0.3, -0.25) is 0 Å². The fourth-order valence-corrected chi connectivity index (χ4v) is 2.88. The Bertz CT molecular complexity index is 673. The second-order valence-electron chi connectivity index (χ2n) is 5.16. The summed E-state index contributed by atoms with van der Waals surface area (Å²) >= 11 is 5.86. The summed E-state index contributed by atoms with van der Waals surface area (Å²) in [6.45, 7) is 2.80. The van der Waals surface area contributed by atoms with Crippen LogP contribution in [0.15, 0.2) is 18.2 Å². The van der Waals surface area contributed by atoms with E-state index in [1.54, 1.807) is 12.1 Å². The Labute approximate surface area is 128 Å². The Morgan fingerprint density at radius 2 is 2.05 bits per heavy atom. The smallest absolute Gasteiger partial charge is 0.164 e. The predicted molar refractivity (Wildman–Crippen MR) is 83.2 cm³/mol. The zero-order valence-corrected chi connectivity index (χ0v) is 12.7. The number of rotatable bonds is 3. The van der Waals surface area contributed by atoms with Crippen LogP contribution in [-0.4, -0.2) is 16.5 Å². The number of fused-ring (bicyclic) bond motifs is 1. The average Bonchev–Trinajstić information content (AvgIpc) is 2.50. The predicted octanol–water partition coefficient (Wildman–Crippen LogP) is 4.25. The fourth-order valence-electron chi connectivity index (χ4n) is 2.70. The number of nitrogens with zero attached hydrogens (tertiary/aromatic N) is 2. The van der Waals surface area contributed by atoms with Gasteiger partial charge in [0.25, 0.3) is 0 Å². The lowest BCUT2D eigenvalue weighted by atomic mass is 9.96. The molecule has 1 aromatic heterocycles. The third-order valence-electron chi connectivity index (χ3n) is 3.72. The van der Waals surface area contributed by atoms with Crippen LogP contribution in [-0.2, 0) is 12.8 Å². The molecule has 2 aromatic rings. The molecule has 21 heavy (non-hydrogen) atoms. The van der Waals surface area contributed by atoms with E-state index < -0.39 is 5.82 Å². The van der Waals surface area contributed by atoms with E-state index in [9.17, 15) is 4.39 Å². The summed E-state index contributed by atoms with van der Waals surface area (Å²) in [6, 6.07) is 4.92. The molecule has 1 aromatic carbocycles. The minimum Gasteiger partial charge on any atom is -0.370 e. The molecule has 1 aliphatic carbocycles. The maximum absolute atomic E-state index is 14.2. The number of hydrogen-bond acceptors (Lipinski definition) is 3. The van der Waals surface area contributed by atoms with Gasteiger partial charge in [0.1, 0.15) is 5.82 Å². The van der Waals surface area contributed by atoms with Gasteiger partial charge >= 0.3 is 0 Å². The zero-order valence-electron chi connectivity index (χ0n) is 11.9. The minimum atomic E-state index is -0.461. The molecule has 0 unspecified atom stereocenters. The SMILES string of the molecule is CCNc1nc(-c2cccc(Cl)c2F)nc2c1CCCC2. The molecular formula is C16H17ClFN3. The van der Waals surface area contributed by atoms with E-state index in [2.05, 4.69) is 15.3 Å². The number of halogens is 2. The molecule has 3 rings (SSSR count). The van der Waals surface area contributed by atoms with Gasteiger partial charge in [-0.15, -0.1) is 0 Å². The number of nitrogens with one attached hydrogen (secondary N) is 1. The quantitative estimate of drug-likeness (QED) is 0.921. The molecule has 0 aliphatic heterocycles. The number of benzene rings is 1. The van der Waals surface area contributed by atoms with Gasteiger partial charge in [0.05, 0.1) is 10.6 Å². The van der Waals surface area contributed by atoms with Gasteiger partial charge in [0.2, 0.25) is 0 Å². The van der Waals surface area contributed by atoms with Crippen LogP contribution < -0.4 is 5.32 Å². The molecule has 1 N–H and O–H groups in total. The maximum Gasteiger partial charge on any atom is 0.164 e. The van der Waals surface area contributed by atoms with E-state index in [-0.39, 0.29) is 5.02 Å². The van der Waals surface area contributed by atoms with Crippen molar-refractivity contribution in [3.05, 3.63) is 40.3 Å². The first kappa shape index (κ1) is 14.3. The van der Waals surface area contributed by atoms with Crippen molar-refractivity contribution in [2.75, 3.05) is 11.9 Å². The summed E-state index contributed by atoms with van der Waals surface area (Å²) in [7, 11) is 0. The first-order valence-corrected chi connectivity index (χ1v) is 7.66. The van der Waals surface area contributed by atoms with Crippen LogP contribution in [0.25, 0.3) is 11.4 Å². The Morgan fingerprint density at radius 1 is 1.24 bits per heavy atom. The van der Waals surface area contributed by atoms with E-state index in [1.165, 1.54) is 11.6 Å². The number of hydrogen-bond donors (Lipinski definition) is 1. The molecule has 0 spiro atoms. The van der Waals surface area contributed by atoms with E-state index in [0.29, 0.717) is 11.4 Å². The lowest BCUT2D eigenvalue weighted by Gasteiger charge is -2.19. The maximum atomic E-state index is 14.2. The molecule has 0 radical (unpaired) electrons. The molecule has 0 atom stereocenters. The van der Waals surface area contributed by atoms with E-state index in [0.717, 1.165) is 43.7 Å². The molecule has 0 fully saturated rings. The van der Waals surface area contributed by atoms with Crippen LogP contribution in [0, 0.1) is 5.82 Å². The van der Waals surface area contributed by atoms with Crippen LogP contribution in [0.2, 0.25) is 5.02 Å². The van der Waals surface area contributed by atoms with Gasteiger partial charge in [-0.2, -0.15) is 0 Å². The summed E-state index contributed by atoms with van der Waals surface area (Å²) in [6.07, 6.45) is 4.17. The zero-order chi connectivity index (χ0) is 14.8. The lowest BCUT2D eigenvalue weighted by molar-refractivity contribution is 0.628. The first-order valence-electron chi connectivity index (χ1n) is 7.28. The molecule has 0 saturated heterocycles. The third kappa shape index (κ3) is 2.72. The highest BCUT2D eigenvalue weighted by Gasteiger charge is 2.20. The van der Waals surface area contributed by atoms with Gasteiger partial charge < -0.3 is 5.32 Å². The van der Waals surface area contributed by atoms with Crippen LogP contribution in [0.3, 0.4) is 0 Å². The second kappa shape index (κ2) is 5.98. The van der Waals surface area contributed by atoms with Crippen molar-refractivity contribution < 1.29 is 4.39 Å². The Hall–Kier alpha value is -1.68. The molecule has 1 heterocycles. The van der Waals surface area contributed by atoms with E-state index in [4.69, 9.17) is 11.6 Å². The van der Waals surface area contributed by atoms with Crippen molar-refractivity contribution in [3.8, 4) is 11.4 Å². The minimum absolute atomic E-state index is 0.0961. The molecule has 0 saturated carbocycles. The van der Waals surface area contributed by atoms with Crippen LogP contribution in [0.4, 0.5) is 10.2 Å². The average molecular weight is 306 g/mol. The van der Waals surface area contributed by atoms with Gasteiger partial charge in [-0.25, -0.2) is 14.4 Å². The van der Waals surface area contributed by atoms with E-state index >= 15 is 0 Å². The van der Waals surface area contributed by atoms with Crippen LogP contribution >= 0.6 is 11.6 Å². The highest BCUT2D eigenvalue weighted by Crippen LogP contribution is 2.30. The molecule has 0 bridgehead atoms. The fraction of sp³-hybridized carbons (Fsp3) is 0.375. The van der Waals surface area contributed by atoms with Gasteiger partial charge in [-0.05, 0) is 44.7 Å². The van der Waals surface area contributed by atoms with Crippen LogP contribution in [0.5, 0.6) is 0 Å². The Kier molecular flexibility index (Phi) is 4.06. The van der Waals surface area contributed by atoms with Crippen molar-refractivity contribution in [2.24, 2.45) is 0 Å². The summed E-state index contributed by atoms with van der Waals surface area (Å²) in [5.74, 6) is 0.778. The molecule has 1 aliphatic rings. The normalized spacial score (nSPS) is 13.9. The highest BCUT2D eigenvalue weighted by molar-refractivity contribution is 6.31. The van der Waals surface area contributed by atoms with Gasteiger partial charge in [-0.1, -0.05) is 17.7 Å². The monoisotopic (exact) mass is 305 g/mol. The highest BCUT2D eigenvalue weighted by atomic mass is 35.5. The summed E-state index contributed by atoms with van der Waals surface area (Å²) in [5, 5.41) is 3.37. The van der Waals surface area contributed by atoms with Crippen molar-refractivity contribution >= 4 is 17.4 Å². The topological polar surface area (TPSA) is 37.8 Å². The third-order valence-corrected chi connectivity index (χ3v) is 4.01. The molecule has 110 valence electrons. The number of aromatic nitrogens is 2. The second-order valence-corrected chi connectivity index (χ2v) is 5.57. The van der Waals surface area contributed by atoms with Gasteiger partial charge in [0, 0.05) is 17.8 Å². The van der Waals surface area contributed by atoms with Crippen molar-refractivity contribution in [3.63, 3.8) is 0 Å². The van der Waals surface area contributed by atoms with Crippen molar-refractivity contribution in [2.45, 2.75) is 32.6 Å². The summed E-state index contributed by atoms with van der Waals surface area (Å²) < 4.78 is 14.2. The van der Waals surface area contributed by atoms with E-state index in [1.807, 2.05) is 6.92 Å². The summed E-state index contributed by atoms with van der Waals surface area (Å²) in [4.78, 5) is 9.11. The molecular weight excluding hydrogens is 289 g/mol. The molecule has 3 nitrogen and oxygen atoms in total. The number of anilines is 1. The lowest BCUT2D eigenvalue weighted by Crippen LogP contribution is -2.13. The molecule has 5 heteroatoms. The number of aryl methyl sites for hydroxylation is 1.